The molecule has 0 bridgehead atoms. The second-order valence-electron chi connectivity index (χ2n) is 6.19. The van der Waals surface area contributed by atoms with Crippen LogP contribution in [-0.2, 0) is 6.54 Å². The minimum Gasteiger partial charge on any atom is -0.497 e. The fourth-order valence-electron chi connectivity index (χ4n) is 2.61. The molecule has 7 heteroatoms. The normalized spacial score (nSPS) is 10.3. The molecule has 0 aliphatic carbocycles. The van der Waals surface area contributed by atoms with E-state index in [2.05, 4.69) is 10.6 Å². The van der Waals surface area contributed by atoms with Gasteiger partial charge in [-0.1, -0.05) is 18.2 Å². The summed E-state index contributed by atoms with van der Waals surface area (Å²) >= 11 is 0. The van der Waals surface area contributed by atoms with Gasteiger partial charge in [0.25, 0.3) is 11.8 Å². The number of carbonyl (C=O) groups is 2. The molecule has 0 heterocycles. The van der Waals surface area contributed by atoms with Crippen molar-refractivity contribution in [2.45, 2.75) is 6.54 Å². The quantitative estimate of drug-likeness (QED) is 0.658. The van der Waals surface area contributed by atoms with Gasteiger partial charge in [-0.25, -0.2) is 8.78 Å². The van der Waals surface area contributed by atoms with Gasteiger partial charge in [-0.2, -0.15) is 0 Å². The predicted molar refractivity (Wildman–Crippen MR) is 105 cm³/mol. The first-order valence-electron chi connectivity index (χ1n) is 8.74. The average molecular weight is 396 g/mol. The number of anilines is 1. The third kappa shape index (κ3) is 5.16. The molecule has 3 rings (SSSR count). The molecule has 29 heavy (non-hydrogen) atoms. The Morgan fingerprint density at radius 2 is 1.59 bits per heavy atom. The summed E-state index contributed by atoms with van der Waals surface area (Å²) in [5.41, 5.74) is 1.20. The zero-order chi connectivity index (χ0) is 20.8. The van der Waals surface area contributed by atoms with Crippen molar-refractivity contribution in [3.8, 4) is 5.75 Å². The van der Waals surface area contributed by atoms with Crippen LogP contribution in [0.3, 0.4) is 0 Å². The van der Waals surface area contributed by atoms with E-state index in [9.17, 15) is 18.4 Å². The Kier molecular flexibility index (Phi) is 6.19. The SMILES string of the molecule is COc1ccc(CNC(=O)c2cccc(C(=O)Nc3ccc(F)cc3F)c2)cc1. The molecule has 0 fully saturated rings. The molecule has 0 unspecified atom stereocenters. The zero-order valence-corrected chi connectivity index (χ0v) is 15.5. The molecule has 2 N–H and O–H groups in total. The van der Waals surface area contributed by atoms with Crippen molar-refractivity contribution in [1.82, 2.24) is 5.32 Å². The van der Waals surface area contributed by atoms with Crippen LogP contribution in [0.25, 0.3) is 0 Å². The third-order valence-electron chi connectivity index (χ3n) is 4.18. The molecule has 0 saturated heterocycles. The van der Waals surface area contributed by atoms with Crippen molar-refractivity contribution in [3.63, 3.8) is 0 Å². The van der Waals surface area contributed by atoms with Gasteiger partial charge in [-0.05, 0) is 48.0 Å². The maximum Gasteiger partial charge on any atom is 0.255 e. The zero-order valence-electron chi connectivity index (χ0n) is 15.5. The number of methoxy groups -OCH3 is 1. The molecule has 0 aliphatic heterocycles. The molecule has 3 aromatic carbocycles. The number of nitrogens with one attached hydrogen (secondary N) is 2. The Balaban J connectivity index is 1.65. The molecule has 5 nitrogen and oxygen atoms in total. The monoisotopic (exact) mass is 396 g/mol. The highest BCUT2D eigenvalue weighted by molar-refractivity contribution is 6.06. The van der Waals surface area contributed by atoms with E-state index in [1.165, 1.54) is 12.1 Å². The van der Waals surface area contributed by atoms with Crippen LogP contribution in [0.15, 0.2) is 66.7 Å². The minimum absolute atomic E-state index is 0.147. The predicted octanol–water partition coefficient (Wildman–Crippen LogP) is 4.16. The molecular formula is C22H18F2N2O3. The van der Waals surface area contributed by atoms with E-state index in [1.807, 2.05) is 12.1 Å². The summed E-state index contributed by atoms with van der Waals surface area (Å²) in [6, 6.07) is 16.1. The van der Waals surface area contributed by atoms with Crippen LogP contribution in [0, 0.1) is 11.6 Å². The van der Waals surface area contributed by atoms with Crippen molar-refractivity contribution in [1.29, 1.82) is 0 Å². The third-order valence-corrected chi connectivity index (χ3v) is 4.18. The molecule has 0 aliphatic rings. The van der Waals surface area contributed by atoms with E-state index in [0.29, 0.717) is 12.6 Å². The maximum atomic E-state index is 13.7. The Bertz CT molecular complexity index is 1040. The van der Waals surface area contributed by atoms with Crippen molar-refractivity contribution < 1.29 is 23.1 Å². The molecule has 148 valence electrons. The summed E-state index contributed by atoms with van der Waals surface area (Å²) in [6.45, 7) is 0.306. The van der Waals surface area contributed by atoms with Crippen LogP contribution in [0.4, 0.5) is 14.5 Å². The van der Waals surface area contributed by atoms with Gasteiger partial charge in [0.1, 0.15) is 17.4 Å². The fraction of sp³-hybridized carbons (Fsp3) is 0.0909. The molecule has 0 saturated carbocycles. The van der Waals surface area contributed by atoms with Crippen LogP contribution in [0.2, 0.25) is 0 Å². The molecule has 0 aromatic heterocycles. The summed E-state index contributed by atoms with van der Waals surface area (Å²) < 4.78 is 31.8. The van der Waals surface area contributed by atoms with Gasteiger partial charge in [0, 0.05) is 23.7 Å². The Morgan fingerprint density at radius 3 is 2.24 bits per heavy atom. The number of carbonyl (C=O) groups excluding carboxylic acids is 2. The first-order chi connectivity index (χ1) is 14.0. The van der Waals surface area contributed by atoms with E-state index < -0.39 is 17.5 Å². The van der Waals surface area contributed by atoms with Gasteiger partial charge < -0.3 is 15.4 Å². The summed E-state index contributed by atoms with van der Waals surface area (Å²) in [4.78, 5) is 24.7. The summed E-state index contributed by atoms with van der Waals surface area (Å²) in [6.07, 6.45) is 0. The molecular weight excluding hydrogens is 378 g/mol. The van der Waals surface area contributed by atoms with Gasteiger partial charge >= 0.3 is 0 Å². The number of hydrogen-bond acceptors (Lipinski definition) is 3. The average Bonchev–Trinajstić information content (AvgIpc) is 2.74. The minimum atomic E-state index is -0.883. The van der Waals surface area contributed by atoms with E-state index in [-0.39, 0.29) is 22.7 Å². The lowest BCUT2D eigenvalue weighted by Gasteiger charge is -2.09. The molecule has 2 amide bonds. The van der Waals surface area contributed by atoms with Crippen molar-refractivity contribution >= 4 is 17.5 Å². The van der Waals surface area contributed by atoms with Gasteiger partial charge in [0.05, 0.1) is 12.8 Å². The molecule has 0 radical (unpaired) electrons. The van der Waals surface area contributed by atoms with Crippen LogP contribution < -0.4 is 15.4 Å². The van der Waals surface area contributed by atoms with Crippen LogP contribution >= 0.6 is 0 Å². The van der Waals surface area contributed by atoms with Crippen LogP contribution in [-0.4, -0.2) is 18.9 Å². The molecule has 0 spiro atoms. The summed E-state index contributed by atoms with van der Waals surface area (Å²) in [5, 5.41) is 5.14. The number of halogens is 2. The maximum absolute atomic E-state index is 13.7. The lowest BCUT2D eigenvalue weighted by Crippen LogP contribution is -2.23. The fourth-order valence-corrected chi connectivity index (χ4v) is 2.61. The standard InChI is InChI=1S/C22H18F2N2O3/c1-29-18-8-5-14(6-9-18)13-25-21(27)15-3-2-4-16(11-15)22(28)26-20-10-7-17(23)12-19(20)24/h2-12H,13H2,1H3,(H,25,27)(H,26,28). The number of benzene rings is 3. The Hall–Kier alpha value is -3.74. The summed E-state index contributed by atoms with van der Waals surface area (Å²) in [5.74, 6) is -1.87. The summed E-state index contributed by atoms with van der Waals surface area (Å²) in [7, 11) is 1.57. The van der Waals surface area contributed by atoms with E-state index in [4.69, 9.17) is 4.74 Å². The number of rotatable bonds is 6. The topological polar surface area (TPSA) is 67.4 Å². The Labute approximate surface area is 166 Å². The number of amides is 2. The highest BCUT2D eigenvalue weighted by atomic mass is 19.1. The second kappa shape index (κ2) is 8.97. The van der Waals surface area contributed by atoms with Crippen molar-refractivity contribution in [2.75, 3.05) is 12.4 Å². The lowest BCUT2D eigenvalue weighted by molar-refractivity contribution is 0.0951. The smallest absolute Gasteiger partial charge is 0.255 e. The van der Waals surface area contributed by atoms with E-state index in [0.717, 1.165) is 23.4 Å². The van der Waals surface area contributed by atoms with Gasteiger partial charge in [0.15, 0.2) is 0 Å². The lowest BCUT2D eigenvalue weighted by atomic mass is 10.1. The highest BCUT2D eigenvalue weighted by Gasteiger charge is 2.13. The van der Waals surface area contributed by atoms with Crippen LogP contribution in [0.5, 0.6) is 5.75 Å². The number of ether oxygens (including phenoxy) is 1. The van der Waals surface area contributed by atoms with Crippen molar-refractivity contribution in [3.05, 3.63) is 95.1 Å². The highest BCUT2D eigenvalue weighted by Crippen LogP contribution is 2.17. The first kappa shape index (κ1) is 20.0. The van der Waals surface area contributed by atoms with E-state index >= 15 is 0 Å². The van der Waals surface area contributed by atoms with Crippen LogP contribution in [0.1, 0.15) is 26.3 Å². The number of hydrogen-bond donors (Lipinski definition) is 2. The Morgan fingerprint density at radius 1 is 0.897 bits per heavy atom. The largest absolute Gasteiger partial charge is 0.497 e. The van der Waals surface area contributed by atoms with Gasteiger partial charge in [0.2, 0.25) is 0 Å². The van der Waals surface area contributed by atoms with Crippen molar-refractivity contribution in [2.24, 2.45) is 0 Å². The first-order valence-corrected chi connectivity index (χ1v) is 8.74. The molecule has 0 atom stereocenters. The van der Waals surface area contributed by atoms with Gasteiger partial charge in [-0.3, -0.25) is 9.59 Å². The molecule has 3 aromatic rings. The second-order valence-corrected chi connectivity index (χ2v) is 6.19. The van der Waals surface area contributed by atoms with Gasteiger partial charge in [-0.15, -0.1) is 0 Å². The van der Waals surface area contributed by atoms with E-state index in [1.54, 1.807) is 31.4 Å².